The van der Waals surface area contributed by atoms with Crippen LogP contribution in [0.3, 0.4) is 0 Å². The van der Waals surface area contributed by atoms with Gasteiger partial charge < -0.3 is 15.5 Å². The Bertz CT molecular complexity index is 1170. The Kier molecular flexibility index (Phi) is 5.83. The first-order chi connectivity index (χ1) is 15.4. The van der Waals surface area contributed by atoms with Crippen molar-refractivity contribution < 1.29 is 4.79 Å². The van der Waals surface area contributed by atoms with Gasteiger partial charge in [-0.05, 0) is 74.3 Å². The van der Waals surface area contributed by atoms with E-state index in [1.807, 2.05) is 27.7 Å². The summed E-state index contributed by atoms with van der Waals surface area (Å²) in [6.45, 7) is 6.65. The zero-order valence-electron chi connectivity index (χ0n) is 18.6. The highest BCUT2D eigenvalue weighted by Crippen LogP contribution is 2.33. The molecule has 1 aromatic carbocycles. The molecule has 2 N–H and O–H groups in total. The lowest BCUT2D eigenvalue weighted by Gasteiger charge is -2.35. The maximum atomic E-state index is 13.5. The second-order valence-electron chi connectivity index (χ2n) is 9.11. The molecular formula is C24H29IN6O. The molecule has 7 nitrogen and oxygen atoms in total. The van der Waals surface area contributed by atoms with E-state index in [2.05, 4.69) is 53.5 Å². The third-order valence-corrected chi connectivity index (χ3v) is 7.50. The van der Waals surface area contributed by atoms with Crippen molar-refractivity contribution in [3.05, 3.63) is 56.4 Å². The summed E-state index contributed by atoms with van der Waals surface area (Å²) >= 11 is 2.27. The highest BCUT2D eigenvalue weighted by atomic mass is 127. The van der Waals surface area contributed by atoms with Crippen molar-refractivity contribution in [1.29, 1.82) is 0 Å². The van der Waals surface area contributed by atoms with E-state index >= 15 is 0 Å². The second kappa shape index (κ2) is 8.62. The van der Waals surface area contributed by atoms with Gasteiger partial charge in [0.15, 0.2) is 5.65 Å². The SMILES string of the molecule is Cc1ccc(C(=O)N2CCCC[C@H]2c2cc3nc(N4CC[C@H](N)C4)c(C)cn3n2)c(I)c1. The largest absolute Gasteiger partial charge is 0.355 e. The molecule has 8 heteroatoms. The number of fused-ring (bicyclic) bond motifs is 1. The minimum absolute atomic E-state index is 0.0287. The molecule has 2 saturated heterocycles. The monoisotopic (exact) mass is 544 g/mol. The number of hydrogen-bond donors (Lipinski definition) is 1. The molecular weight excluding hydrogens is 515 g/mol. The highest BCUT2D eigenvalue weighted by molar-refractivity contribution is 14.1. The van der Waals surface area contributed by atoms with Gasteiger partial charge in [0.1, 0.15) is 5.82 Å². The molecule has 1 amide bonds. The summed E-state index contributed by atoms with van der Waals surface area (Å²) in [5, 5.41) is 4.86. The fourth-order valence-corrected chi connectivity index (χ4v) is 5.81. The van der Waals surface area contributed by atoms with E-state index in [0.717, 1.165) is 82.7 Å². The van der Waals surface area contributed by atoms with E-state index in [9.17, 15) is 4.79 Å². The topological polar surface area (TPSA) is 79.8 Å². The van der Waals surface area contributed by atoms with E-state index in [4.69, 9.17) is 15.8 Å². The first-order valence-electron chi connectivity index (χ1n) is 11.4. The minimum atomic E-state index is -0.0287. The van der Waals surface area contributed by atoms with Crippen molar-refractivity contribution in [2.24, 2.45) is 5.73 Å². The molecule has 2 fully saturated rings. The molecule has 0 spiro atoms. The summed E-state index contributed by atoms with van der Waals surface area (Å²) in [6.07, 6.45) is 6.08. The first-order valence-corrected chi connectivity index (χ1v) is 12.4. The summed E-state index contributed by atoms with van der Waals surface area (Å²) in [7, 11) is 0. The Morgan fingerprint density at radius 1 is 1.16 bits per heavy atom. The van der Waals surface area contributed by atoms with Crippen LogP contribution in [0.1, 0.15) is 58.9 Å². The van der Waals surface area contributed by atoms with Crippen LogP contribution in [0.2, 0.25) is 0 Å². The second-order valence-corrected chi connectivity index (χ2v) is 10.3. The van der Waals surface area contributed by atoms with E-state index in [1.54, 1.807) is 0 Å². The normalized spacial score (nSPS) is 21.5. The van der Waals surface area contributed by atoms with Gasteiger partial charge >= 0.3 is 0 Å². The van der Waals surface area contributed by atoms with Crippen molar-refractivity contribution in [1.82, 2.24) is 19.5 Å². The number of aromatic nitrogens is 3. The van der Waals surface area contributed by atoms with Gasteiger partial charge in [-0.25, -0.2) is 9.50 Å². The molecule has 0 saturated carbocycles. The zero-order chi connectivity index (χ0) is 22.4. The number of anilines is 1. The predicted molar refractivity (Wildman–Crippen MR) is 134 cm³/mol. The van der Waals surface area contributed by atoms with Crippen molar-refractivity contribution in [2.45, 2.75) is 51.6 Å². The van der Waals surface area contributed by atoms with E-state index in [-0.39, 0.29) is 18.0 Å². The summed E-state index contributed by atoms with van der Waals surface area (Å²) in [4.78, 5) is 22.7. The molecule has 2 atom stereocenters. The van der Waals surface area contributed by atoms with E-state index < -0.39 is 0 Å². The maximum absolute atomic E-state index is 13.5. The van der Waals surface area contributed by atoms with Gasteiger partial charge in [0, 0.05) is 47.1 Å². The number of nitrogens with two attached hydrogens (primary N) is 1. The van der Waals surface area contributed by atoms with Crippen LogP contribution in [-0.4, -0.2) is 51.1 Å². The number of amides is 1. The Morgan fingerprint density at radius 3 is 2.75 bits per heavy atom. The van der Waals surface area contributed by atoms with Crippen molar-refractivity contribution in [3.63, 3.8) is 0 Å². The quantitative estimate of drug-likeness (QED) is 0.507. The first kappa shape index (κ1) is 21.6. The average Bonchev–Trinajstić information content (AvgIpc) is 3.38. The Hall–Kier alpha value is -2.20. The van der Waals surface area contributed by atoms with E-state index in [0.29, 0.717) is 0 Å². The summed E-state index contributed by atoms with van der Waals surface area (Å²) in [5.41, 5.74) is 10.9. The van der Waals surface area contributed by atoms with Crippen LogP contribution in [0, 0.1) is 17.4 Å². The molecule has 5 rings (SSSR count). The number of nitrogens with zero attached hydrogens (tertiary/aromatic N) is 5. The molecule has 2 aromatic heterocycles. The lowest BCUT2D eigenvalue weighted by atomic mass is 9.98. The molecule has 0 bridgehead atoms. The smallest absolute Gasteiger partial charge is 0.255 e. The molecule has 168 valence electrons. The summed E-state index contributed by atoms with van der Waals surface area (Å²) in [6, 6.07) is 8.26. The third kappa shape index (κ3) is 3.98. The minimum Gasteiger partial charge on any atom is -0.355 e. The average molecular weight is 544 g/mol. The fourth-order valence-electron chi connectivity index (χ4n) is 4.91. The Labute approximate surface area is 202 Å². The zero-order valence-corrected chi connectivity index (χ0v) is 20.7. The van der Waals surface area contributed by atoms with Gasteiger partial charge in [-0.3, -0.25) is 4.79 Å². The maximum Gasteiger partial charge on any atom is 0.255 e. The number of rotatable bonds is 3. The van der Waals surface area contributed by atoms with Crippen molar-refractivity contribution in [2.75, 3.05) is 24.5 Å². The number of likely N-dealkylation sites (tertiary alicyclic amines) is 1. The Balaban J connectivity index is 1.47. The molecule has 2 aliphatic heterocycles. The van der Waals surface area contributed by atoms with Crippen molar-refractivity contribution in [3.8, 4) is 0 Å². The van der Waals surface area contributed by atoms with Crippen LogP contribution < -0.4 is 10.6 Å². The number of piperidine rings is 1. The van der Waals surface area contributed by atoms with Gasteiger partial charge in [0.25, 0.3) is 5.91 Å². The number of carbonyl (C=O) groups excluding carboxylic acids is 1. The number of hydrogen-bond acceptors (Lipinski definition) is 5. The number of carbonyl (C=O) groups is 1. The molecule has 0 aliphatic carbocycles. The van der Waals surface area contributed by atoms with Gasteiger partial charge in [-0.1, -0.05) is 11.6 Å². The summed E-state index contributed by atoms with van der Waals surface area (Å²) in [5.74, 6) is 1.08. The van der Waals surface area contributed by atoms with Crippen LogP contribution in [0.25, 0.3) is 5.65 Å². The summed E-state index contributed by atoms with van der Waals surface area (Å²) < 4.78 is 2.86. The number of aryl methyl sites for hydroxylation is 2. The lowest BCUT2D eigenvalue weighted by molar-refractivity contribution is 0.0604. The van der Waals surface area contributed by atoms with E-state index in [1.165, 1.54) is 0 Å². The molecule has 2 aliphatic rings. The third-order valence-electron chi connectivity index (χ3n) is 6.61. The lowest BCUT2D eigenvalue weighted by Crippen LogP contribution is -2.39. The van der Waals surface area contributed by atoms with Crippen LogP contribution >= 0.6 is 22.6 Å². The number of benzene rings is 1. The molecule has 4 heterocycles. The Morgan fingerprint density at radius 2 is 2.00 bits per heavy atom. The van der Waals surface area contributed by atoms with Crippen LogP contribution in [-0.2, 0) is 0 Å². The standard InChI is InChI=1S/C24H29IN6O/c1-15-6-7-18(19(25)11-15)24(32)30-9-4-3-5-21(30)20-12-22-27-23(16(2)13-31(22)28-20)29-10-8-17(26)14-29/h6-7,11-13,17,21H,3-5,8-10,14,26H2,1-2H3/t17-,21-/m0/s1. The van der Waals surface area contributed by atoms with Crippen molar-refractivity contribution >= 4 is 40.0 Å². The van der Waals surface area contributed by atoms with Gasteiger partial charge in [-0.2, -0.15) is 5.10 Å². The predicted octanol–water partition coefficient (Wildman–Crippen LogP) is 3.86. The van der Waals surface area contributed by atoms with Gasteiger partial charge in [-0.15, -0.1) is 0 Å². The van der Waals surface area contributed by atoms with Crippen LogP contribution in [0.15, 0.2) is 30.5 Å². The van der Waals surface area contributed by atoms with Crippen LogP contribution in [0.5, 0.6) is 0 Å². The molecule has 0 unspecified atom stereocenters. The number of halogens is 1. The molecule has 3 aromatic rings. The highest BCUT2D eigenvalue weighted by Gasteiger charge is 2.32. The molecule has 0 radical (unpaired) electrons. The van der Waals surface area contributed by atoms with Crippen LogP contribution in [0.4, 0.5) is 5.82 Å². The fraction of sp³-hybridized carbons (Fsp3) is 0.458. The molecule has 32 heavy (non-hydrogen) atoms. The van der Waals surface area contributed by atoms with Gasteiger partial charge in [0.2, 0.25) is 0 Å². The van der Waals surface area contributed by atoms with Gasteiger partial charge in [0.05, 0.1) is 17.3 Å².